The van der Waals surface area contributed by atoms with Crippen LogP contribution >= 0.6 is 11.6 Å². The van der Waals surface area contributed by atoms with Crippen molar-refractivity contribution < 1.29 is 14.4 Å². The number of benzene rings is 2. The lowest BCUT2D eigenvalue weighted by Crippen LogP contribution is -2.24. The fraction of sp³-hybridized carbons (Fsp3) is 0.0769. The monoisotopic (exact) mass is 500 g/mol. The van der Waals surface area contributed by atoms with Gasteiger partial charge in [-0.05, 0) is 61.0 Å². The van der Waals surface area contributed by atoms with E-state index in [1.165, 1.54) is 25.1 Å². The SMILES string of the molecule is CC(=O)Nc1ccc(Cl)cc1C(=O)C(=O)Nc1ccc(C)c(Nc2nccc(-c3cccnc3)n2)c1. The van der Waals surface area contributed by atoms with Crippen LogP contribution in [0.25, 0.3) is 11.3 Å². The molecule has 0 atom stereocenters. The molecule has 2 aromatic carbocycles. The summed E-state index contributed by atoms with van der Waals surface area (Å²) in [4.78, 5) is 50.0. The number of pyridine rings is 1. The molecule has 2 heterocycles. The van der Waals surface area contributed by atoms with E-state index in [1.807, 2.05) is 19.1 Å². The number of rotatable bonds is 7. The van der Waals surface area contributed by atoms with Crippen molar-refractivity contribution in [1.82, 2.24) is 15.0 Å². The molecule has 0 aliphatic rings. The van der Waals surface area contributed by atoms with Crippen molar-refractivity contribution in [1.29, 1.82) is 0 Å². The van der Waals surface area contributed by atoms with Crippen LogP contribution in [0.15, 0.2) is 73.2 Å². The van der Waals surface area contributed by atoms with Gasteiger partial charge >= 0.3 is 0 Å². The van der Waals surface area contributed by atoms with Crippen molar-refractivity contribution in [3.8, 4) is 11.3 Å². The second-order valence-electron chi connectivity index (χ2n) is 7.82. The van der Waals surface area contributed by atoms with E-state index in [0.717, 1.165) is 11.1 Å². The fourth-order valence-electron chi connectivity index (χ4n) is 3.36. The molecule has 36 heavy (non-hydrogen) atoms. The summed E-state index contributed by atoms with van der Waals surface area (Å²) in [5.41, 5.74) is 3.63. The molecule has 0 spiro atoms. The Labute approximate surface area is 212 Å². The maximum atomic E-state index is 12.9. The van der Waals surface area contributed by atoms with Crippen LogP contribution in [-0.4, -0.2) is 32.5 Å². The molecule has 0 radical (unpaired) electrons. The van der Waals surface area contributed by atoms with Gasteiger partial charge in [-0.25, -0.2) is 9.97 Å². The number of hydrogen-bond donors (Lipinski definition) is 3. The Bertz CT molecular complexity index is 1460. The molecule has 4 aromatic rings. The van der Waals surface area contributed by atoms with E-state index < -0.39 is 11.7 Å². The van der Waals surface area contributed by atoms with Gasteiger partial charge in [-0.15, -0.1) is 0 Å². The van der Waals surface area contributed by atoms with Crippen LogP contribution in [0.1, 0.15) is 22.8 Å². The van der Waals surface area contributed by atoms with E-state index in [0.29, 0.717) is 23.0 Å². The molecule has 2 aromatic heterocycles. The molecule has 0 saturated carbocycles. The summed E-state index contributed by atoms with van der Waals surface area (Å²) in [6, 6.07) is 15.0. The fourth-order valence-corrected chi connectivity index (χ4v) is 3.53. The third kappa shape index (κ3) is 5.89. The Morgan fingerprint density at radius 1 is 0.917 bits per heavy atom. The molecular weight excluding hydrogens is 480 g/mol. The standard InChI is InChI=1S/C26H21ClN6O3/c1-15-5-7-19(31-25(36)24(35)20-12-18(27)6-8-22(20)30-16(2)34)13-23(15)33-26-29-11-9-21(32-26)17-4-3-10-28-14-17/h3-14H,1-2H3,(H,30,34)(H,31,36)(H,29,32,33). The summed E-state index contributed by atoms with van der Waals surface area (Å²) in [6.07, 6.45) is 5.03. The number of nitrogens with zero attached hydrogens (tertiary/aromatic N) is 3. The van der Waals surface area contributed by atoms with Crippen LogP contribution in [0, 0.1) is 6.92 Å². The van der Waals surface area contributed by atoms with Gasteiger partial charge in [0.15, 0.2) is 0 Å². The molecule has 9 nitrogen and oxygen atoms in total. The number of carbonyl (C=O) groups excluding carboxylic acids is 3. The van der Waals surface area contributed by atoms with E-state index in [-0.39, 0.29) is 22.2 Å². The number of Topliss-reactive ketones (excluding diaryl/α,β-unsaturated/α-hetero) is 1. The average Bonchev–Trinajstić information content (AvgIpc) is 2.87. The average molecular weight is 501 g/mol. The van der Waals surface area contributed by atoms with Crippen LogP contribution in [0.5, 0.6) is 0 Å². The number of ketones is 1. The first kappa shape index (κ1) is 24.5. The van der Waals surface area contributed by atoms with E-state index in [9.17, 15) is 14.4 Å². The third-order valence-corrected chi connectivity index (χ3v) is 5.33. The maximum absolute atomic E-state index is 12.9. The molecule has 3 N–H and O–H groups in total. The van der Waals surface area contributed by atoms with Gasteiger partial charge in [0, 0.05) is 47.5 Å². The van der Waals surface area contributed by atoms with Crippen molar-refractivity contribution in [3.63, 3.8) is 0 Å². The number of halogens is 1. The van der Waals surface area contributed by atoms with Gasteiger partial charge in [0.25, 0.3) is 11.7 Å². The van der Waals surface area contributed by atoms with Crippen LogP contribution in [0.3, 0.4) is 0 Å². The van der Waals surface area contributed by atoms with Crippen LogP contribution in [-0.2, 0) is 9.59 Å². The number of carbonyl (C=O) groups is 3. The predicted molar refractivity (Wildman–Crippen MR) is 138 cm³/mol. The largest absolute Gasteiger partial charge is 0.326 e. The Balaban J connectivity index is 1.54. The summed E-state index contributed by atoms with van der Waals surface area (Å²) in [6.45, 7) is 3.19. The maximum Gasteiger partial charge on any atom is 0.296 e. The van der Waals surface area contributed by atoms with Crippen molar-refractivity contribution in [2.45, 2.75) is 13.8 Å². The zero-order valence-electron chi connectivity index (χ0n) is 19.4. The number of amides is 2. The van der Waals surface area contributed by atoms with Gasteiger partial charge in [-0.2, -0.15) is 0 Å². The van der Waals surface area contributed by atoms with E-state index >= 15 is 0 Å². The number of hydrogen-bond acceptors (Lipinski definition) is 7. The number of nitrogens with one attached hydrogen (secondary N) is 3. The van der Waals surface area contributed by atoms with Crippen LogP contribution in [0.4, 0.5) is 23.0 Å². The number of aryl methyl sites for hydroxylation is 1. The highest BCUT2D eigenvalue weighted by atomic mass is 35.5. The lowest BCUT2D eigenvalue weighted by Gasteiger charge is -2.13. The molecule has 0 unspecified atom stereocenters. The highest BCUT2D eigenvalue weighted by molar-refractivity contribution is 6.48. The molecular formula is C26H21ClN6O3. The summed E-state index contributed by atoms with van der Waals surface area (Å²) >= 11 is 6.01. The summed E-state index contributed by atoms with van der Waals surface area (Å²) in [5.74, 6) is -1.74. The zero-order valence-corrected chi connectivity index (χ0v) is 20.1. The summed E-state index contributed by atoms with van der Waals surface area (Å²) in [7, 11) is 0. The second-order valence-corrected chi connectivity index (χ2v) is 8.25. The summed E-state index contributed by atoms with van der Waals surface area (Å²) < 4.78 is 0. The molecule has 0 aliphatic carbocycles. The molecule has 0 fully saturated rings. The zero-order chi connectivity index (χ0) is 25.7. The Hall–Kier alpha value is -4.63. The molecule has 0 saturated heterocycles. The normalized spacial score (nSPS) is 10.4. The predicted octanol–water partition coefficient (Wildman–Crippen LogP) is 5.02. The minimum absolute atomic E-state index is 0.0127. The topological polar surface area (TPSA) is 126 Å². The Morgan fingerprint density at radius 2 is 1.75 bits per heavy atom. The van der Waals surface area contributed by atoms with Crippen molar-refractivity contribution in [2.75, 3.05) is 16.0 Å². The smallest absolute Gasteiger partial charge is 0.296 e. The molecule has 2 amide bonds. The lowest BCUT2D eigenvalue weighted by molar-refractivity contribution is -0.114. The number of aromatic nitrogens is 3. The van der Waals surface area contributed by atoms with Gasteiger partial charge < -0.3 is 16.0 Å². The first-order valence-corrected chi connectivity index (χ1v) is 11.2. The minimum atomic E-state index is -0.881. The molecule has 10 heteroatoms. The van der Waals surface area contributed by atoms with Crippen molar-refractivity contribution >= 4 is 52.2 Å². The van der Waals surface area contributed by atoms with Crippen LogP contribution in [0.2, 0.25) is 5.02 Å². The van der Waals surface area contributed by atoms with E-state index in [4.69, 9.17) is 11.6 Å². The second kappa shape index (κ2) is 10.7. The van der Waals surface area contributed by atoms with Gasteiger partial charge in [-0.1, -0.05) is 17.7 Å². The quantitative estimate of drug-likeness (QED) is 0.240. The highest BCUT2D eigenvalue weighted by Gasteiger charge is 2.21. The van der Waals surface area contributed by atoms with Gasteiger partial charge in [-0.3, -0.25) is 19.4 Å². The van der Waals surface area contributed by atoms with Crippen LogP contribution < -0.4 is 16.0 Å². The Kier molecular flexibility index (Phi) is 7.31. The first-order chi connectivity index (χ1) is 17.3. The van der Waals surface area contributed by atoms with E-state index in [2.05, 4.69) is 30.9 Å². The minimum Gasteiger partial charge on any atom is -0.326 e. The number of anilines is 4. The lowest BCUT2D eigenvalue weighted by atomic mass is 10.1. The highest BCUT2D eigenvalue weighted by Crippen LogP contribution is 2.25. The van der Waals surface area contributed by atoms with Crippen molar-refractivity contribution in [3.05, 3.63) is 89.3 Å². The van der Waals surface area contributed by atoms with E-state index in [1.54, 1.807) is 42.9 Å². The van der Waals surface area contributed by atoms with Gasteiger partial charge in [0.1, 0.15) is 0 Å². The van der Waals surface area contributed by atoms with Gasteiger partial charge in [0.05, 0.1) is 16.9 Å². The molecule has 4 rings (SSSR count). The molecule has 0 aliphatic heterocycles. The Morgan fingerprint density at radius 3 is 2.50 bits per heavy atom. The summed E-state index contributed by atoms with van der Waals surface area (Å²) in [5, 5.41) is 8.54. The molecule has 0 bridgehead atoms. The first-order valence-electron chi connectivity index (χ1n) is 10.8. The van der Waals surface area contributed by atoms with Gasteiger partial charge in [0.2, 0.25) is 11.9 Å². The third-order valence-electron chi connectivity index (χ3n) is 5.10. The molecule has 180 valence electrons. The van der Waals surface area contributed by atoms with Crippen molar-refractivity contribution in [2.24, 2.45) is 0 Å².